The van der Waals surface area contributed by atoms with E-state index in [4.69, 9.17) is 20.2 Å². The van der Waals surface area contributed by atoms with E-state index in [1.165, 1.54) is 12.1 Å². The second kappa shape index (κ2) is 4.10. The van der Waals surface area contributed by atoms with Crippen LogP contribution >= 0.6 is 10.7 Å². The topological polar surface area (TPSA) is 52.6 Å². The Bertz CT molecular complexity index is 514. The Labute approximate surface area is 96.3 Å². The van der Waals surface area contributed by atoms with Gasteiger partial charge in [0, 0.05) is 16.2 Å². The largest absolute Gasteiger partial charge is 0.486 e. The molecule has 0 N–H and O–H groups in total. The van der Waals surface area contributed by atoms with Crippen LogP contribution in [-0.4, -0.2) is 21.6 Å². The van der Waals surface area contributed by atoms with Crippen LogP contribution in [0.5, 0.6) is 11.5 Å². The highest BCUT2D eigenvalue weighted by atomic mass is 35.7. The molecule has 1 aromatic rings. The SMILES string of the molecule is O=S(=O)(Cl)Cc1ccc2c(c1F)OCCO2. The second-order valence-electron chi connectivity index (χ2n) is 3.25. The van der Waals surface area contributed by atoms with Crippen molar-refractivity contribution >= 4 is 19.7 Å². The van der Waals surface area contributed by atoms with Gasteiger partial charge in [-0.05, 0) is 6.07 Å². The summed E-state index contributed by atoms with van der Waals surface area (Å²) in [6.07, 6.45) is 0. The Hall–Kier alpha value is -1.01. The first-order chi connectivity index (χ1) is 7.47. The Kier molecular flexibility index (Phi) is 2.94. The summed E-state index contributed by atoms with van der Waals surface area (Å²) in [6.45, 7) is 0.584. The minimum absolute atomic E-state index is 0.0285. The monoisotopic (exact) mass is 266 g/mol. The van der Waals surface area contributed by atoms with E-state index >= 15 is 0 Å². The van der Waals surface area contributed by atoms with Gasteiger partial charge < -0.3 is 9.47 Å². The van der Waals surface area contributed by atoms with Gasteiger partial charge in [0.05, 0.1) is 5.75 Å². The Morgan fingerprint density at radius 2 is 2.00 bits per heavy atom. The minimum Gasteiger partial charge on any atom is -0.486 e. The van der Waals surface area contributed by atoms with Crippen LogP contribution in [0.15, 0.2) is 12.1 Å². The highest BCUT2D eigenvalue weighted by Gasteiger charge is 2.21. The smallest absolute Gasteiger partial charge is 0.236 e. The molecule has 0 amide bonds. The maximum atomic E-state index is 13.8. The lowest BCUT2D eigenvalue weighted by Crippen LogP contribution is -2.17. The molecule has 1 aromatic carbocycles. The third kappa shape index (κ3) is 2.38. The van der Waals surface area contributed by atoms with E-state index in [1.807, 2.05) is 0 Å². The van der Waals surface area contributed by atoms with E-state index < -0.39 is 20.6 Å². The number of halogens is 2. The van der Waals surface area contributed by atoms with Crippen LogP contribution in [0.25, 0.3) is 0 Å². The summed E-state index contributed by atoms with van der Waals surface area (Å²) >= 11 is 0. The molecule has 0 radical (unpaired) electrons. The van der Waals surface area contributed by atoms with Gasteiger partial charge in [0.2, 0.25) is 9.05 Å². The van der Waals surface area contributed by atoms with Crippen LogP contribution in [-0.2, 0) is 14.8 Å². The first-order valence-corrected chi connectivity index (χ1v) is 6.94. The van der Waals surface area contributed by atoms with Crippen LogP contribution in [0.2, 0.25) is 0 Å². The molecule has 1 aliphatic rings. The highest BCUT2D eigenvalue weighted by molar-refractivity contribution is 8.13. The molecule has 1 heterocycles. The van der Waals surface area contributed by atoms with Crippen LogP contribution in [0.1, 0.15) is 5.56 Å². The molecule has 0 bridgehead atoms. The van der Waals surface area contributed by atoms with E-state index in [1.54, 1.807) is 0 Å². The van der Waals surface area contributed by atoms with Crippen LogP contribution in [0.4, 0.5) is 4.39 Å². The summed E-state index contributed by atoms with van der Waals surface area (Å²) in [5.41, 5.74) is -0.0285. The summed E-state index contributed by atoms with van der Waals surface area (Å²) < 4.78 is 45.7. The molecule has 0 fully saturated rings. The van der Waals surface area contributed by atoms with Crippen molar-refractivity contribution < 1.29 is 22.3 Å². The maximum Gasteiger partial charge on any atom is 0.236 e. The van der Waals surface area contributed by atoms with Crippen molar-refractivity contribution in [2.45, 2.75) is 5.75 Å². The van der Waals surface area contributed by atoms with E-state index in [0.717, 1.165) is 0 Å². The summed E-state index contributed by atoms with van der Waals surface area (Å²) in [7, 11) is 1.27. The number of hydrogen-bond acceptors (Lipinski definition) is 4. The number of benzene rings is 1. The van der Waals surface area contributed by atoms with Crippen molar-refractivity contribution in [2.24, 2.45) is 0 Å². The Morgan fingerprint density at radius 3 is 2.69 bits per heavy atom. The maximum absolute atomic E-state index is 13.8. The van der Waals surface area contributed by atoms with Crippen molar-refractivity contribution in [3.8, 4) is 11.5 Å². The number of rotatable bonds is 2. The van der Waals surface area contributed by atoms with Gasteiger partial charge in [0.25, 0.3) is 0 Å². The average Bonchev–Trinajstić information content (AvgIpc) is 2.21. The van der Waals surface area contributed by atoms with Gasteiger partial charge in [-0.25, -0.2) is 12.8 Å². The van der Waals surface area contributed by atoms with E-state index in [-0.39, 0.29) is 23.7 Å². The van der Waals surface area contributed by atoms with Gasteiger partial charge in [-0.1, -0.05) is 6.07 Å². The fraction of sp³-hybridized carbons (Fsp3) is 0.333. The number of ether oxygens (including phenoxy) is 2. The average molecular weight is 267 g/mol. The zero-order valence-electron chi connectivity index (χ0n) is 8.07. The molecule has 2 rings (SSSR count). The van der Waals surface area contributed by atoms with E-state index in [0.29, 0.717) is 6.61 Å². The zero-order valence-corrected chi connectivity index (χ0v) is 9.65. The first-order valence-electron chi connectivity index (χ1n) is 4.47. The predicted octanol–water partition coefficient (Wildman–Crippen LogP) is 1.67. The normalized spacial score (nSPS) is 14.9. The van der Waals surface area contributed by atoms with Crippen molar-refractivity contribution in [3.63, 3.8) is 0 Å². The molecule has 0 aromatic heterocycles. The highest BCUT2D eigenvalue weighted by Crippen LogP contribution is 2.35. The predicted molar refractivity (Wildman–Crippen MR) is 55.9 cm³/mol. The van der Waals surface area contributed by atoms with Gasteiger partial charge >= 0.3 is 0 Å². The molecule has 0 saturated heterocycles. The first kappa shape index (κ1) is 11.5. The van der Waals surface area contributed by atoms with Crippen molar-refractivity contribution in [1.82, 2.24) is 0 Å². The molecule has 7 heteroatoms. The number of hydrogen-bond donors (Lipinski definition) is 0. The molecule has 0 saturated carbocycles. The lowest BCUT2D eigenvalue weighted by Gasteiger charge is -2.19. The van der Waals surface area contributed by atoms with E-state index in [9.17, 15) is 12.8 Å². The molecule has 0 aliphatic carbocycles. The lowest BCUT2D eigenvalue weighted by molar-refractivity contribution is 0.164. The fourth-order valence-electron chi connectivity index (χ4n) is 1.42. The van der Waals surface area contributed by atoms with Gasteiger partial charge in [0.1, 0.15) is 13.2 Å². The van der Waals surface area contributed by atoms with Crippen LogP contribution in [0.3, 0.4) is 0 Å². The standard InChI is InChI=1S/C9H8ClFO4S/c10-16(12,13)5-6-1-2-7-9(8(6)11)15-4-3-14-7/h1-2H,3-5H2. The molecule has 0 unspecified atom stereocenters. The summed E-state index contributed by atoms with van der Waals surface area (Å²) in [5, 5.41) is 0. The molecule has 88 valence electrons. The molecule has 0 spiro atoms. The molecule has 16 heavy (non-hydrogen) atoms. The Balaban J connectivity index is 2.42. The van der Waals surface area contributed by atoms with Crippen molar-refractivity contribution in [2.75, 3.05) is 13.2 Å². The third-order valence-electron chi connectivity index (χ3n) is 2.06. The molecular weight excluding hydrogens is 259 g/mol. The van der Waals surface area contributed by atoms with Gasteiger partial charge in [-0.15, -0.1) is 0 Å². The Morgan fingerprint density at radius 1 is 1.31 bits per heavy atom. The van der Waals surface area contributed by atoms with E-state index in [2.05, 4.69) is 0 Å². The van der Waals surface area contributed by atoms with Crippen LogP contribution in [0, 0.1) is 5.82 Å². The van der Waals surface area contributed by atoms with Crippen LogP contribution < -0.4 is 9.47 Å². The van der Waals surface area contributed by atoms with Gasteiger partial charge in [-0.2, -0.15) is 0 Å². The summed E-state index contributed by atoms with van der Waals surface area (Å²) in [4.78, 5) is 0. The quantitative estimate of drug-likeness (QED) is 0.764. The molecule has 0 atom stereocenters. The van der Waals surface area contributed by atoms with Crippen molar-refractivity contribution in [3.05, 3.63) is 23.5 Å². The third-order valence-corrected chi connectivity index (χ3v) is 3.04. The molecule has 4 nitrogen and oxygen atoms in total. The molecular formula is C9H8ClFO4S. The lowest BCUT2D eigenvalue weighted by atomic mass is 10.2. The number of fused-ring (bicyclic) bond motifs is 1. The van der Waals surface area contributed by atoms with Crippen molar-refractivity contribution in [1.29, 1.82) is 0 Å². The fourth-order valence-corrected chi connectivity index (χ4v) is 2.37. The van der Waals surface area contributed by atoms with Gasteiger partial charge in [0.15, 0.2) is 17.3 Å². The summed E-state index contributed by atoms with van der Waals surface area (Å²) in [5.74, 6) is -1.08. The molecule has 1 aliphatic heterocycles. The zero-order chi connectivity index (χ0) is 11.8. The summed E-state index contributed by atoms with van der Waals surface area (Å²) in [6, 6.07) is 2.79. The minimum atomic E-state index is -3.79. The second-order valence-corrected chi connectivity index (χ2v) is 6.02. The van der Waals surface area contributed by atoms with Gasteiger partial charge in [-0.3, -0.25) is 0 Å².